The molecule has 1 fully saturated rings. The molecule has 0 unspecified atom stereocenters. The van der Waals surface area contributed by atoms with Crippen LogP contribution in [-0.2, 0) is 0 Å². The number of carbonyl (C=O) groups is 1. The molecular formula is C14H20N2O. The van der Waals surface area contributed by atoms with Gasteiger partial charge in [0, 0.05) is 18.2 Å². The summed E-state index contributed by atoms with van der Waals surface area (Å²) in [4.78, 5) is 11.8. The standard InChI is InChI=1S/C14H20N2O/c15-13-8-4-5-11(9-13)10-16-14(17)12-6-2-1-3-7-12/h1-3,6-7,11,13H,4-5,8-10,15H2,(H,16,17)/t11-,13+/m1/s1. The van der Waals surface area contributed by atoms with Crippen LogP contribution >= 0.6 is 0 Å². The summed E-state index contributed by atoms with van der Waals surface area (Å²) in [7, 11) is 0. The number of hydrogen-bond acceptors (Lipinski definition) is 2. The van der Waals surface area contributed by atoms with Crippen molar-refractivity contribution in [3.05, 3.63) is 35.9 Å². The quantitative estimate of drug-likeness (QED) is 0.836. The molecule has 3 N–H and O–H groups in total. The van der Waals surface area contributed by atoms with Crippen LogP contribution in [0.2, 0.25) is 0 Å². The topological polar surface area (TPSA) is 55.1 Å². The zero-order valence-electron chi connectivity index (χ0n) is 10.1. The molecule has 2 atom stereocenters. The van der Waals surface area contributed by atoms with Crippen LogP contribution in [0.15, 0.2) is 30.3 Å². The van der Waals surface area contributed by atoms with Gasteiger partial charge in [-0.2, -0.15) is 0 Å². The largest absolute Gasteiger partial charge is 0.352 e. The van der Waals surface area contributed by atoms with E-state index in [9.17, 15) is 4.79 Å². The highest BCUT2D eigenvalue weighted by atomic mass is 16.1. The molecule has 2 rings (SSSR count). The summed E-state index contributed by atoms with van der Waals surface area (Å²) >= 11 is 0. The lowest BCUT2D eigenvalue weighted by Gasteiger charge is -2.26. The Bertz CT molecular complexity index is 364. The van der Waals surface area contributed by atoms with Crippen LogP contribution in [0.4, 0.5) is 0 Å². The van der Waals surface area contributed by atoms with E-state index in [4.69, 9.17) is 5.73 Å². The van der Waals surface area contributed by atoms with Crippen molar-refractivity contribution in [3.63, 3.8) is 0 Å². The highest BCUT2D eigenvalue weighted by molar-refractivity contribution is 5.94. The van der Waals surface area contributed by atoms with E-state index in [0.717, 1.165) is 24.9 Å². The third-order valence-electron chi connectivity index (χ3n) is 3.41. The van der Waals surface area contributed by atoms with E-state index in [-0.39, 0.29) is 5.91 Å². The second-order valence-corrected chi connectivity index (χ2v) is 4.87. The number of nitrogens with one attached hydrogen (secondary N) is 1. The fraction of sp³-hybridized carbons (Fsp3) is 0.500. The van der Waals surface area contributed by atoms with Crippen molar-refractivity contribution in [1.29, 1.82) is 0 Å². The van der Waals surface area contributed by atoms with Gasteiger partial charge in [0.25, 0.3) is 5.91 Å². The maximum absolute atomic E-state index is 11.8. The molecule has 0 radical (unpaired) electrons. The third kappa shape index (κ3) is 3.56. The summed E-state index contributed by atoms with van der Waals surface area (Å²) < 4.78 is 0. The summed E-state index contributed by atoms with van der Waals surface area (Å²) in [6.45, 7) is 0.751. The Kier molecular flexibility index (Phi) is 4.15. The highest BCUT2D eigenvalue weighted by Gasteiger charge is 2.19. The van der Waals surface area contributed by atoms with Crippen molar-refractivity contribution in [1.82, 2.24) is 5.32 Å². The van der Waals surface area contributed by atoms with Gasteiger partial charge < -0.3 is 11.1 Å². The number of hydrogen-bond donors (Lipinski definition) is 2. The third-order valence-corrected chi connectivity index (χ3v) is 3.41. The van der Waals surface area contributed by atoms with Gasteiger partial charge in [0.1, 0.15) is 0 Å². The van der Waals surface area contributed by atoms with Gasteiger partial charge in [-0.1, -0.05) is 24.6 Å². The highest BCUT2D eigenvalue weighted by Crippen LogP contribution is 2.22. The van der Waals surface area contributed by atoms with E-state index in [1.807, 2.05) is 30.3 Å². The lowest BCUT2D eigenvalue weighted by Crippen LogP contribution is -2.35. The van der Waals surface area contributed by atoms with Crippen molar-refractivity contribution < 1.29 is 4.79 Å². The average Bonchev–Trinajstić information content (AvgIpc) is 2.37. The van der Waals surface area contributed by atoms with Crippen LogP contribution in [0.5, 0.6) is 0 Å². The van der Waals surface area contributed by atoms with Crippen LogP contribution in [-0.4, -0.2) is 18.5 Å². The van der Waals surface area contributed by atoms with Gasteiger partial charge >= 0.3 is 0 Å². The van der Waals surface area contributed by atoms with Gasteiger partial charge in [-0.15, -0.1) is 0 Å². The second-order valence-electron chi connectivity index (χ2n) is 4.87. The Balaban J connectivity index is 1.80. The molecule has 3 nitrogen and oxygen atoms in total. The summed E-state index contributed by atoms with van der Waals surface area (Å²) in [5.41, 5.74) is 6.66. The molecule has 17 heavy (non-hydrogen) atoms. The molecule has 1 saturated carbocycles. The smallest absolute Gasteiger partial charge is 0.251 e. The first kappa shape index (κ1) is 12.1. The zero-order chi connectivity index (χ0) is 12.1. The molecule has 0 aromatic heterocycles. The van der Waals surface area contributed by atoms with Gasteiger partial charge in [-0.25, -0.2) is 0 Å². The fourth-order valence-electron chi connectivity index (χ4n) is 2.45. The van der Waals surface area contributed by atoms with E-state index in [0.29, 0.717) is 12.0 Å². The minimum atomic E-state index is 0.0183. The first-order valence-corrected chi connectivity index (χ1v) is 6.34. The minimum Gasteiger partial charge on any atom is -0.352 e. The molecule has 3 heteroatoms. The zero-order valence-corrected chi connectivity index (χ0v) is 10.1. The van der Waals surface area contributed by atoms with Crippen molar-refractivity contribution in [2.24, 2.45) is 11.7 Å². The normalized spacial score (nSPS) is 24.3. The number of benzene rings is 1. The van der Waals surface area contributed by atoms with Crippen LogP contribution in [0.1, 0.15) is 36.0 Å². The molecule has 1 aromatic carbocycles. The molecule has 0 aliphatic heterocycles. The molecule has 0 spiro atoms. The Morgan fingerprint density at radius 3 is 2.76 bits per heavy atom. The van der Waals surface area contributed by atoms with Gasteiger partial charge in [0.15, 0.2) is 0 Å². The summed E-state index contributed by atoms with van der Waals surface area (Å²) in [6.07, 6.45) is 4.54. The average molecular weight is 232 g/mol. The van der Waals surface area contributed by atoms with Crippen molar-refractivity contribution in [2.45, 2.75) is 31.7 Å². The molecule has 0 bridgehead atoms. The van der Waals surface area contributed by atoms with Crippen LogP contribution < -0.4 is 11.1 Å². The van der Waals surface area contributed by atoms with Crippen molar-refractivity contribution in [2.75, 3.05) is 6.54 Å². The maximum Gasteiger partial charge on any atom is 0.251 e. The van der Waals surface area contributed by atoms with E-state index < -0.39 is 0 Å². The summed E-state index contributed by atoms with van der Waals surface area (Å²) in [6, 6.07) is 9.67. The predicted molar refractivity (Wildman–Crippen MR) is 68.7 cm³/mol. The molecule has 0 heterocycles. The maximum atomic E-state index is 11.8. The monoisotopic (exact) mass is 232 g/mol. The molecular weight excluding hydrogens is 212 g/mol. The minimum absolute atomic E-state index is 0.0183. The molecule has 1 amide bonds. The number of nitrogens with two attached hydrogens (primary N) is 1. The summed E-state index contributed by atoms with van der Waals surface area (Å²) in [5, 5.41) is 2.99. The lowest BCUT2D eigenvalue weighted by molar-refractivity contribution is 0.0942. The molecule has 92 valence electrons. The second kappa shape index (κ2) is 5.82. The van der Waals surface area contributed by atoms with Gasteiger partial charge in [0.05, 0.1) is 0 Å². The first-order valence-electron chi connectivity index (χ1n) is 6.34. The van der Waals surface area contributed by atoms with Crippen molar-refractivity contribution in [3.8, 4) is 0 Å². The van der Waals surface area contributed by atoms with Crippen LogP contribution in [0, 0.1) is 5.92 Å². The molecule has 1 aromatic rings. The van der Waals surface area contributed by atoms with E-state index in [2.05, 4.69) is 5.32 Å². The number of carbonyl (C=O) groups excluding carboxylic acids is 1. The molecule has 0 saturated heterocycles. The Hall–Kier alpha value is -1.35. The van der Waals surface area contributed by atoms with E-state index in [1.165, 1.54) is 12.8 Å². The van der Waals surface area contributed by atoms with Gasteiger partial charge in [-0.3, -0.25) is 4.79 Å². The predicted octanol–water partition coefficient (Wildman–Crippen LogP) is 1.93. The Morgan fingerprint density at radius 2 is 2.06 bits per heavy atom. The van der Waals surface area contributed by atoms with Gasteiger partial charge in [-0.05, 0) is 37.3 Å². The first-order chi connectivity index (χ1) is 8.25. The lowest BCUT2D eigenvalue weighted by atomic mass is 9.86. The Labute approximate surface area is 102 Å². The number of rotatable bonds is 3. The molecule has 1 aliphatic rings. The van der Waals surface area contributed by atoms with Crippen molar-refractivity contribution >= 4 is 5.91 Å². The SMILES string of the molecule is N[C@H]1CCC[C@@H](CNC(=O)c2ccccc2)C1. The molecule has 1 aliphatic carbocycles. The van der Waals surface area contributed by atoms with Gasteiger partial charge in [0.2, 0.25) is 0 Å². The number of amides is 1. The van der Waals surface area contributed by atoms with E-state index >= 15 is 0 Å². The summed E-state index contributed by atoms with van der Waals surface area (Å²) in [5.74, 6) is 0.566. The Morgan fingerprint density at radius 1 is 1.29 bits per heavy atom. The fourth-order valence-corrected chi connectivity index (χ4v) is 2.45. The van der Waals surface area contributed by atoms with Crippen LogP contribution in [0.3, 0.4) is 0 Å². The van der Waals surface area contributed by atoms with E-state index in [1.54, 1.807) is 0 Å². The van der Waals surface area contributed by atoms with Crippen LogP contribution in [0.25, 0.3) is 0 Å².